The molecule has 0 N–H and O–H groups in total. The lowest BCUT2D eigenvalue weighted by Crippen LogP contribution is -1.88. The molecule has 2 aromatic rings. The Hall–Kier alpha value is -0.580. The highest BCUT2D eigenvalue weighted by molar-refractivity contribution is 14.1. The van der Waals surface area contributed by atoms with E-state index in [1.165, 1.54) is 9.13 Å². The molecule has 0 aliphatic carbocycles. The Kier molecular flexibility index (Phi) is 2.27. The number of hydrogen-bond donors (Lipinski definition) is 0. The molecule has 13 heavy (non-hydrogen) atoms. The molecule has 0 unspecified atom stereocenters. The molecule has 1 heterocycles. The van der Waals surface area contributed by atoms with Crippen molar-refractivity contribution in [2.24, 2.45) is 0 Å². The van der Waals surface area contributed by atoms with Gasteiger partial charge in [0.15, 0.2) is 5.58 Å². The normalized spacial score (nSPS) is 11.4. The van der Waals surface area contributed by atoms with E-state index in [1.807, 2.05) is 0 Å². The summed E-state index contributed by atoms with van der Waals surface area (Å²) in [6.45, 7) is 4.31. The molecule has 0 aliphatic rings. The lowest BCUT2D eigenvalue weighted by atomic mass is 10.0. The van der Waals surface area contributed by atoms with Crippen molar-refractivity contribution < 1.29 is 4.52 Å². The zero-order valence-electron chi connectivity index (χ0n) is 7.54. The van der Waals surface area contributed by atoms with E-state index in [0.717, 1.165) is 11.0 Å². The van der Waals surface area contributed by atoms with Gasteiger partial charge in [0.25, 0.3) is 0 Å². The van der Waals surface area contributed by atoms with Crippen molar-refractivity contribution in [2.45, 2.75) is 19.8 Å². The van der Waals surface area contributed by atoms with Crippen LogP contribution in [0.4, 0.5) is 0 Å². The van der Waals surface area contributed by atoms with Crippen molar-refractivity contribution in [3.63, 3.8) is 0 Å². The molecule has 2 nitrogen and oxygen atoms in total. The zero-order chi connectivity index (χ0) is 9.42. The van der Waals surface area contributed by atoms with E-state index < -0.39 is 0 Å². The summed E-state index contributed by atoms with van der Waals surface area (Å²) in [6, 6.07) is 4.22. The fourth-order valence-electron chi connectivity index (χ4n) is 1.40. The summed E-state index contributed by atoms with van der Waals surface area (Å²) in [6.07, 6.45) is 1.78. The first-order chi connectivity index (χ1) is 6.20. The predicted octanol–water partition coefficient (Wildman–Crippen LogP) is 3.56. The summed E-state index contributed by atoms with van der Waals surface area (Å²) in [7, 11) is 0. The van der Waals surface area contributed by atoms with E-state index in [0.29, 0.717) is 5.92 Å². The number of aromatic nitrogens is 1. The van der Waals surface area contributed by atoms with Crippen LogP contribution in [0.5, 0.6) is 0 Å². The fraction of sp³-hybridized carbons (Fsp3) is 0.300. The van der Waals surface area contributed by atoms with E-state index in [2.05, 4.69) is 53.7 Å². The molecular weight excluding hydrogens is 277 g/mol. The van der Waals surface area contributed by atoms with Crippen LogP contribution in [0, 0.1) is 3.57 Å². The second kappa shape index (κ2) is 3.29. The minimum absolute atomic E-state index is 0.479. The van der Waals surface area contributed by atoms with Crippen LogP contribution >= 0.6 is 22.6 Å². The van der Waals surface area contributed by atoms with Gasteiger partial charge in [-0.15, -0.1) is 0 Å². The number of nitrogens with zero attached hydrogens (tertiary/aromatic N) is 1. The molecule has 2 rings (SSSR count). The first-order valence-electron chi connectivity index (χ1n) is 4.23. The molecule has 0 radical (unpaired) electrons. The van der Waals surface area contributed by atoms with Crippen LogP contribution < -0.4 is 0 Å². The van der Waals surface area contributed by atoms with Gasteiger partial charge in [-0.05, 0) is 34.6 Å². The Morgan fingerprint density at radius 2 is 2.15 bits per heavy atom. The van der Waals surface area contributed by atoms with Gasteiger partial charge >= 0.3 is 0 Å². The average molecular weight is 287 g/mol. The van der Waals surface area contributed by atoms with Crippen LogP contribution in [0.1, 0.15) is 25.3 Å². The SMILES string of the molecule is CC(C)c1ccc(I)c2cnoc12. The summed E-state index contributed by atoms with van der Waals surface area (Å²) in [5.74, 6) is 0.479. The maximum absolute atomic E-state index is 5.24. The maximum Gasteiger partial charge on any atom is 0.171 e. The molecule has 0 fully saturated rings. The molecule has 0 atom stereocenters. The van der Waals surface area contributed by atoms with Gasteiger partial charge in [0.1, 0.15) is 0 Å². The molecule has 0 bridgehead atoms. The molecule has 3 heteroatoms. The first kappa shape index (κ1) is 8.99. The highest BCUT2D eigenvalue weighted by atomic mass is 127. The van der Waals surface area contributed by atoms with E-state index in [9.17, 15) is 0 Å². The van der Waals surface area contributed by atoms with E-state index in [1.54, 1.807) is 6.20 Å². The Labute approximate surface area is 90.4 Å². The number of halogens is 1. The predicted molar refractivity (Wildman–Crippen MR) is 60.8 cm³/mol. The van der Waals surface area contributed by atoms with Crippen molar-refractivity contribution in [3.8, 4) is 0 Å². The van der Waals surface area contributed by atoms with Crippen LogP contribution in [0.15, 0.2) is 22.9 Å². The Bertz CT molecular complexity index is 433. The Morgan fingerprint density at radius 3 is 2.85 bits per heavy atom. The number of hydrogen-bond acceptors (Lipinski definition) is 2. The highest BCUT2D eigenvalue weighted by Crippen LogP contribution is 2.28. The van der Waals surface area contributed by atoms with Crippen LogP contribution in [-0.4, -0.2) is 5.16 Å². The van der Waals surface area contributed by atoms with Gasteiger partial charge in [-0.25, -0.2) is 0 Å². The Morgan fingerprint density at radius 1 is 1.38 bits per heavy atom. The third-order valence-corrected chi connectivity index (χ3v) is 3.06. The second-order valence-corrected chi connectivity index (χ2v) is 4.52. The van der Waals surface area contributed by atoms with Crippen molar-refractivity contribution in [3.05, 3.63) is 27.5 Å². The van der Waals surface area contributed by atoms with E-state index >= 15 is 0 Å². The summed E-state index contributed by atoms with van der Waals surface area (Å²) in [4.78, 5) is 0. The minimum atomic E-state index is 0.479. The number of benzene rings is 1. The quantitative estimate of drug-likeness (QED) is 0.750. The largest absolute Gasteiger partial charge is 0.356 e. The molecule has 1 aromatic carbocycles. The van der Waals surface area contributed by atoms with Crippen molar-refractivity contribution >= 4 is 33.6 Å². The van der Waals surface area contributed by atoms with Gasteiger partial charge in [-0.3, -0.25) is 0 Å². The van der Waals surface area contributed by atoms with Crippen molar-refractivity contribution in [2.75, 3.05) is 0 Å². The van der Waals surface area contributed by atoms with Crippen LogP contribution in [-0.2, 0) is 0 Å². The van der Waals surface area contributed by atoms with Crippen LogP contribution in [0.25, 0.3) is 11.0 Å². The highest BCUT2D eigenvalue weighted by Gasteiger charge is 2.10. The molecule has 0 spiro atoms. The smallest absolute Gasteiger partial charge is 0.171 e. The molecule has 0 amide bonds. The first-order valence-corrected chi connectivity index (χ1v) is 5.31. The topological polar surface area (TPSA) is 26.0 Å². The molecule has 68 valence electrons. The standard InChI is InChI=1S/C10H10INO/c1-6(2)7-3-4-9(11)8-5-12-13-10(7)8/h3-6H,1-2H3. The summed E-state index contributed by atoms with van der Waals surface area (Å²) < 4.78 is 6.43. The van der Waals surface area contributed by atoms with Gasteiger partial charge in [0, 0.05) is 9.13 Å². The number of fused-ring (bicyclic) bond motifs is 1. The fourth-order valence-corrected chi connectivity index (χ4v) is 1.96. The Balaban J connectivity index is 2.78. The van der Waals surface area contributed by atoms with E-state index in [4.69, 9.17) is 4.52 Å². The van der Waals surface area contributed by atoms with Crippen molar-refractivity contribution in [1.29, 1.82) is 0 Å². The molecular formula is C10H10INO. The summed E-state index contributed by atoms with van der Waals surface area (Å²) in [5, 5.41) is 4.94. The maximum atomic E-state index is 5.24. The average Bonchev–Trinajstić information content (AvgIpc) is 2.53. The lowest BCUT2D eigenvalue weighted by molar-refractivity contribution is 0.453. The summed E-state index contributed by atoms with van der Waals surface area (Å²) in [5.41, 5.74) is 2.16. The van der Waals surface area contributed by atoms with Crippen molar-refractivity contribution in [1.82, 2.24) is 5.16 Å². The van der Waals surface area contributed by atoms with Gasteiger partial charge < -0.3 is 4.52 Å². The molecule has 1 aromatic heterocycles. The van der Waals surface area contributed by atoms with Gasteiger partial charge in [0.2, 0.25) is 0 Å². The van der Waals surface area contributed by atoms with Crippen LogP contribution in [0.3, 0.4) is 0 Å². The second-order valence-electron chi connectivity index (χ2n) is 3.36. The third kappa shape index (κ3) is 1.45. The van der Waals surface area contributed by atoms with Gasteiger partial charge in [0.05, 0.1) is 11.6 Å². The van der Waals surface area contributed by atoms with Crippen LogP contribution in [0.2, 0.25) is 0 Å². The zero-order valence-corrected chi connectivity index (χ0v) is 9.70. The molecule has 0 saturated heterocycles. The van der Waals surface area contributed by atoms with Gasteiger partial charge in [-0.2, -0.15) is 0 Å². The number of rotatable bonds is 1. The molecule has 0 saturated carbocycles. The molecule has 0 aliphatic heterocycles. The van der Waals surface area contributed by atoms with Gasteiger partial charge in [-0.1, -0.05) is 25.1 Å². The van der Waals surface area contributed by atoms with E-state index in [-0.39, 0.29) is 0 Å². The lowest BCUT2D eigenvalue weighted by Gasteiger charge is -2.05. The minimum Gasteiger partial charge on any atom is -0.356 e. The monoisotopic (exact) mass is 287 g/mol. The summed E-state index contributed by atoms with van der Waals surface area (Å²) >= 11 is 2.29. The third-order valence-electron chi connectivity index (χ3n) is 2.12.